The van der Waals surface area contributed by atoms with Crippen LogP contribution in [0.4, 0.5) is 0 Å². The van der Waals surface area contributed by atoms with Gasteiger partial charge in [0.25, 0.3) is 5.91 Å². The summed E-state index contributed by atoms with van der Waals surface area (Å²) in [5, 5.41) is 0.812. The van der Waals surface area contributed by atoms with Crippen LogP contribution < -0.4 is 9.47 Å². The molecular formula is C19H22N2O3. The summed E-state index contributed by atoms with van der Waals surface area (Å²) in [6.45, 7) is 10.1. The third kappa shape index (κ3) is 4.13. The van der Waals surface area contributed by atoms with Gasteiger partial charge in [0.1, 0.15) is 11.5 Å². The van der Waals surface area contributed by atoms with Crippen LogP contribution in [0.3, 0.4) is 0 Å². The number of ether oxygens (including phenoxy) is 2. The highest BCUT2D eigenvalue weighted by Gasteiger charge is 2.13. The van der Waals surface area contributed by atoms with Gasteiger partial charge in [0.05, 0.1) is 12.6 Å². The predicted molar refractivity (Wildman–Crippen MR) is 95.5 cm³/mol. The van der Waals surface area contributed by atoms with E-state index >= 15 is 0 Å². The molecule has 1 aromatic carbocycles. The zero-order chi connectivity index (χ0) is 17.5. The molecule has 0 aliphatic heterocycles. The highest BCUT2D eigenvalue weighted by molar-refractivity contribution is 5.87. The van der Waals surface area contributed by atoms with E-state index in [1.54, 1.807) is 24.2 Å². The summed E-state index contributed by atoms with van der Waals surface area (Å²) in [6.07, 6.45) is 3.36. The van der Waals surface area contributed by atoms with Crippen molar-refractivity contribution in [3.63, 3.8) is 0 Å². The van der Waals surface area contributed by atoms with E-state index in [1.165, 1.54) is 0 Å². The number of amides is 1. The standard InChI is InChI=1S/C19H22N2O3/c1-5-9-21(10-6-2)19(22)13-24-18-11-14(3)20-17-8-7-15(23-4)12-16(17)18/h5-8,11-12H,1-2,9-10,13H2,3-4H3. The van der Waals surface area contributed by atoms with E-state index < -0.39 is 0 Å². The smallest absolute Gasteiger partial charge is 0.261 e. The Morgan fingerprint density at radius 3 is 2.58 bits per heavy atom. The van der Waals surface area contributed by atoms with E-state index in [0.29, 0.717) is 24.6 Å². The fourth-order valence-corrected chi connectivity index (χ4v) is 2.37. The zero-order valence-electron chi connectivity index (χ0n) is 14.1. The Morgan fingerprint density at radius 2 is 1.96 bits per heavy atom. The lowest BCUT2D eigenvalue weighted by atomic mass is 10.1. The monoisotopic (exact) mass is 326 g/mol. The summed E-state index contributed by atoms with van der Waals surface area (Å²) in [7, 11) is 1.61. The number of carbonyl (C=O) groups is 1. The van der Waals surface area contributed by atoms with E-state index in [-0.39, 0.29) is 12.5 Å². The lowest BCUT2D eigenvalue weighted by Gasteiger charge is -2.19. The molecule has 5 heteroatoms. The molecule has 2 aromatic rings. The molecule has 0 radical (unpaired) electrons. The summed E-state index contributed by atoms with van der Waals surface area (Å²) < 4.78 is 11.0. The Kier molecular flexibility index (Phi) is 5.95. The van der Waals surface area contributed by atoms with Crippen molar-refractivity contribution in [1.82, 2.24) is 9.88 Å². The van der Waals surface area contributed by atoms with Crippen LogP contribution in [0.5, 0.6) is 11.5 Å². The first kappa shape index (κ1) is 17.5. The molecule has 0 aliphatic rings. The molecular weight excluding hydrogens is 304 g/mol. The average molecular weight is 326 g/mol. The quantitative estimate of drug-likeness (QED) is 0.699. The van der Waals surface area contributed by atoms with Gasteiger partial charge in [0.2, 0.25) is 0 Å². The SMILES string of the molecule is C=CCN(CC=C)C(=O)COc1cc(C)nc2ccc(OC)cc12. The zero-order valence-corrected chi connectivity index (χ0v) is 14.1. The largest absolute Gasteiger partial charge is 0.497 e. The third-order valence-corrected chi connectivity index (χ3v) is 3.51. The summed E-state index contributed by atoms with van der Waals surface area (Å²) in [6, 6.07) is 7.39. The Morgan fingerprint density at radius 1 is 1.25 bits per heavy atom. The number of fused-ring (bicyclic) bond motifs is 1. The minimum absolute atomic E-state index is 0.0581. The molecule has 0 N–H and O–H groups in total. The van der Waals surface area contributed by atoms with Crippen molar-refractivity contribution in [1.29, 1.82) is 0 Å². The van der Waals surface area contributed by atoms with Gasteiger partial charge in [0.15, 0.2) is 6.61 Å². The van der Waals surface area contributed by atoms with Gasteiger partial charge < -0.3 is 14.4 Å². The average Bonchev–Trinajstić information content (AvgIpc) is 2.58. The van der Waals surface area contributed by atoms with Crippen LogP contribution in [0.2, 0.25) is 0 Å². The maximum atomic E-state index is 12.3. The molecule has 0 atom stereocenters. The van der Waals surface area contributed by atoms with Crippen molar-refractivity contribution in [2.45, 2.75) is 6.92 Å². The topological polar surface area (TPSA) is 51.7 Å². The Balaban J connectivity index is 2.23. The van der Waals surface area contributed by atoms with Crippen LogP contribution in [-0.2, 0) is 4.79 Å². The van der Waals surface area contributed by atoms with Crippen molar-refractivity contribution in [3.8, 4) is 11.5 Å². The molecule has 1 amide bonds. The van der Waals surface area contributed by atoms with Gasteiger partial charge in [-0.25, -0.2) is 0 Å². The number of rotatable bonds is 8. The second-order valence-corrected chi connectivity index (χ2v) is 5.31. The van der Waals surface area contributed by atoms with Crippen LogP contribution in [0, 0.1) is 6.92 Å². The molecule has 0 spiro atoms. The Bertz CT molecular complexity index is 746. The minimum Gasteiger partial charge on any atom is -0.497 e. The second-order valence-electron chi connectivity index (χ2n) is 5.31. The first-order valence-corrected chi connectivity index (χ1v) is 7.66. The molecule has 126 valence electrons. The molecule has 1 heterocycles. The van der Waals surface area contributed by atoms with Gasteiger partial charge >= 0.3 is 0 Å². The first-order valence-electron chi connectivity index (χ1n) is 7.66. The number of nitrogens with zero attached hydrogens (tertiary/aromatic N) is 2. The Labute approximate surface area is 142 Å². The summed E-state index contributed by atoms with van der Waals surface area (Å²) in [5.41, 5.74) is 1.62. The van der Waals surface area contributed by atoms with Crippen LogP contribution in [-0.4, -0.2) is 42.6 Å². The highest BCUT2D eigenvalue weighted by Crippen LogP contribution is 2.29. The number of benzene rings is 1. The van der Waals surface area contributed by atoms with Crippen molar-refractivity contribution in [2.75, 3.05) is 26.8 Å². The summed E-state index contributed by atoms with van der Waals surface area (Å²) in [5.74, 6) is 1.20. The first-order chi connectivity index (χ1) is 11.6. The van der Waals surface area contributed by atoms with Crippen LogP contribution in [0.25, 0.3) is 10.9 Å². The van der Waals surface area contributed by atoms with Crippen LogP contribution >= 0.6 is 0 Å². The van der Waals surface area contributed by atoms with Crippen molar-refractivity contribution < 1.29 is 14.3 Å². The molecule has 24 heavy (non-hydrogen) atoms. The number of hydrogen-bond donors (Lipinski definition) is 0. The molecule has 0 saturated heterocycles. The number of methoxy groups -OCH3 is 1. The van der Waals surface area contributed by atoms with Crippen molar-refractivity contribution in [2.24, 2.45) is 0 Å². The number of carbonyl (C=O) groups excluding carboxylic acids is 1. The minimum atomic E-state index is -0.125. The highest BCUT2D eigenvalue weighted by atomic mass is 16.5. The molecule has 0 saturated carbocycles. The second kappa shape index (κ2) is 8.15. The fraction of sp³-hybridized carbons (Fsp3) is 0.263. The number of pyridine rings is 1. The third-order valence-electron chi connectivity index (χ3n) is 3.51. The van der Waals surface area contributed by atoms with E-state index in [1.807, 2.05) is 31.2 Å². The normalized spacial score (nSPS) is 10.2. The number of hydrogen-bond acceptors (Lipinski definition) is 4. The van der Waals surface area contributed by atoms with Gasteiger partial charge in [-0.3, -0.25) is 9.78 Å². The van der Waals surface area contributed by atoms with Crippen molar-refractivity contribution in [3.05, 3.63) is 55.3 Å². The lowest BCUT2D eigenvalue weighted by Crippen LogP contribution is -2.35. The molecule has 0 bridgehead atoms. The number of aromatic nitrogens is 1. The lowest BCUT2D eigenvalue weighted by molar-refractivity contribution is -0.132. The van der Waals surface area contributed by atoms with Crippen molar-refractivity contribution >= 4 is 16.8 Å². The summed E-state index contributed by atoms with van der Waals surface area (Å²) in [4.78, 5) is 18.4. The maximum absolute atomic E-state index is 12.3. The van der Waals surface area contributed by atoms with E-state index in [4.69, 9.17) is 9.47 Å². The molecule has 2 rings (SSSR count). The van der Waals surface area contributed by atoms with Gasteiger partial charge in [-0.1, -0.05) is 12.2 Å². The van der Waals surface area contributed by atoms with Gasteiger partial charge in [-0.05, 0) is 25.1 Å². The molecule has 0 unspecified atom stereocenters. The Hall–Kier alpha value is -2.82. The van der Waals surface area contributed by atoms with Gasteiger partial charge in [-0.15, -0.1) is 13.2 Å². The molecule has 0 aliphatic carbocycles. The maximum Gasteiger partial charge on any atom is 0.261 e. The fourth-order valence-electron chi connectivity index (χ4n) is 2.37. The van der Waals surface area contributed by atoms with Crippen LogP contribution in [0.1, 0.15) is 5.69 Å². The van der Waals surface area contributed by atoms with Gasteiger partial charge in [-0.2, -0.15) is 0 Å². The van der Waals surface area contributed by atoms with E-state index in [2.05, 4.69) is 18.1 Å². The molecule has 5 nitrogen and oxygen atoms in total. The molecule has 0 fully saturated rings. The van der Waals surface area contributed by atoms with E-state index in [9.17, 15) is 4.79 Å². The molecule has 1 aromatic heterocycles. The van der Waals surface area contributed by atoms with Crippen LogP contribution in [0.15, 0.2) is 49.6 Å². The number of aryl methyl sites for hydroxylation is 1. The van der Waals surface area contributed by atoms with E-state index in [0.717, 1.165) is 16.6 Å². The van der Waals surface area contributed by atoms with Gasteiger partial charge in [0, 0.05) is 30.2 Å². The predicted octanol–water partition coefficient (Wildman–Crippen LogP) is 3.13. The summed E-state index contributed by atoms with van der Waals surface area (Å²) >= 11 is 0.